The monoisotopic (exact) mass is 628 g/mol. The number of hydrogen-bond acceptors (Lipinski definition) is 5. The third-order valence-electron chi connectivity index (χ3n) is 11.5. The van der Waals surface area contributed by atoms with Crippen molar-refractivity contribution in [3.8, 4) is 0 Å². The first-order valence-electron chi connectivity index (χ1n) is 16.7. The predicted molar refractivity (Wildman–Crippen MR) is 181 cm³/mol. The van der Waals surface area contributed by atoms with Crippen LogP contribution in [0.1, 0.15) is 111 Å². The minimum absolute atomic E-state index is 0.0813. The van der Waals surface area contributed by atoms with Gasteiger partial charge in [0.05, 0.1) is 29.7 Å². The third kappa shape index (κ3) is 8.41. The Morgan fingerprint density at radius 1 is 1.11 bits per heavy atom. The first-order valence-corrected chi connectivity index (χ1v) is 19.6. The number of aryl methyl sites for hydroxylation is 2. The van der Waals surface area contributed by atoms with Crippen LogP contribution in [0.4, 0.5) is 0 Å². The zero-order valence-electron chi connectivity index (χ0n) is 29.5. The number of carboxylic acid groups (broad SMARTS) is 1. The summed E-state index contributed by atoms with van der Waals surface area (Å²) in [5.74, 6) is 1.72. The first kappa shape index (κ1) is 36.4. The van der Waals surface area contributed by atoms with Crippen LogP contribution >= 0.6 is 0 Å². The first-order chi connectivity index (χ1) is 20.2. The van der Waals surface area contributed by atoms with Crippen molar-refractivity contribution in [2.24, 2.45) is 42.1 Å². The lowest BCUT2D eigenvalue weighted by molar-refractivity contribution is -0.145. The summed E-state index contributed by atoms with van der Waals surface area (Å²) in [4.78, 5) is 30.4. The maximum atomic E-state index is 13.9. The number of aromatic nitrogens is 2. The van der Waals surface area contributed by atoms with Gasteiger partial charge < -0.3 is 19.2 Å². The molecule has 0 bridgehead atoms. The third-order valence-corrected chi connectivity index (χ3v) is 16.0. The summed E-state index contributed by atoms with van der Waals surface area (Å²) in [6.07, 6.45) is 4.00. The Morgan fingerprint density at radius 3 is 2.34 bits per heavy atom. The topological polar surface area (TPSA) is 102 Å². The van der Waals surface area contributed by atoms with Crippen LogP contribution in [-0.4, -0.2) is 45.9 Å². The second-order valence-electron chi connectivity index (χ2n) is 16.1. The molecule has 1 aromatic heterocycles. The Morgan fingerprint density at radius 2 is 1.75 bits per heavy atom. The predicted octanol–water partition coefficient (Wildman–Crippen LogP) is 8.48. The summed E-state index contributed by atoms with van der Waals surface area (Å²) in [5, 5.41) is 20.5. The lowest BCUT2D eigenvalue weighted by atomic mass is 9.70. The van der Waals surface area contributed by atoms with E-state index in [1.54, 1.807) is 0 Å². The van der Waals surface area contributed by atoms with Gasteiger partial charge in [-0.3, -0.25) is 9.59 Å². The number of hydrogen-bond donors (Lipinski definition) is 2. The van der Waals surface area contributed by atoms with Crippen LogP contribution in [0.3, 0.4) is 0 Å². The van der Waals surface area contributed by atoms with Gasteiger partial charge >= 0.3 is 5.97 Å². The molecule has 1 heterocycles. The average Bonchev–Trinajstić information content (AvgIpc) is 3.59. The van der Waals surface area contributed by atoms with E-state index in [0.717, 1.165) is 48.1 Å². The van der Waals surface area contributed by atoms with E-state index in [0.29, 0.717) is 17.8 Å². The van der Waals surface area contributed by atoms with E-state index in [1.807, 2.05) is 46.9 Å². The zero-order chi connectivity index (χ0) is 33.4. The van der Waals surface area contributed by atoms with Crippen molar-refractivity contribution in [1.82, 2.24) is 9.55 Å². The highest BCUT2D eigenvalue weighted by Gasteiger charge is 2.47. The number of nitrogens with zero attached hydrogens (tertiary/aromatic N) is 2. The molecule has 7 atom stereocenters. The Balaban J connectivity index is 1.50. The van der Waals surface area contributed by atoms with Gasteiger partial charge in [0.2, 0.25) is 0 Å². The van der Waals surface area contributed by atoms with E-state index < -0.39 is 31.9 Å². The van der Waals surface area contributed by atoms with Gasteiger partial charge in [-0.15, -0.1) is 0 Å². The number of aliphatic carboxylic acids is 1. The molecule has 248 valence electrons. The lowest BCUT2D eigenvalue weighted by Gasteiger charge is -2.44. The number of carbonyl (C=O) groups excluding carboxylic acids is 1. The van der Waals surface area contributed by atoms with E-state index in [9.17, 15) is 19.8 Å². The number of rotatable bonds is 16. The van der Waals surface area contributed by atoms with Gasteiger partial charge in [-0.1, -0.05) is 80.7 Å². The van der Waals surface area contributed by atoms with Gasteiger partial charge in [0.25, 0.3) is 0 Å². The molecule has 2 N–H and O–H groups in total. The number of Topliss-reactive ketones (excluding diaryl/α,β-unsaturated/α-hetero) is 1. The van der Waals surface area contributed by atoms with Gasteiger partial charge in [-0.05, 0) is 79.3 Å². The van der Waals surface area contributed by atoms with E-state index in [1.165, 1.54) is 6.42 Å². The molecular weight excluding hydrogens is 568 g/mol. The quantitative estimate of drug-likeness (QED) is 0.181. The number of aliphatic hydroxyl groups is 1. The van der Waals surface area contributed by atoms with Crippen LogP contribution in [0.5, 0.6) is 0 Å². The van der Waals surface area contributed by atoms with E-state index >= 15 is 0 Å². The maximum Gasteiger partial charge on any atom is 0.305 e. The van der Waals surface area contributed by atoms with Crippen molar-refractivity contribution in [1.29, 1.82) is 0 Å². The summed E-state index contributed by atoms with van der Waals surface area (Å²) in [5.41, 5.74) is 2.08. The van der Waals surface area contributed by atoms with Crippen molar-refractivity contribution >= 4 is 31.1 Å². The molecule has 0 saturated heterocycles. The summed E-state index contributed by atoms with van der Waals surface area (Å²) in [6.45, 7) is 22.8. The Bertz CT molecular complexity index is 1310. The van der Waals surface area contributed by atoms with Crippen LogP contribution in [-0.2, 0) is 21.1 Å². The van der Waals surface area contributed by atoms with Crippen LogP contribution in [0.25, 0.3) is 11.0 Å². The molecule has 2 aromatic rings. The minimum atomic E-state index is -2.28. The molecule has 7 nitrogen and oxygen atoms in total. The number of benzene rings is 1. The summed E-state index contributed by atoms with van der Waals surface area (Å²) in [6, 6.07) is 6.11. The zero-order valence-corrected chi connectivity index (χ0v) is 30.5. The number of ketones is 1. The second-order valence-corrected chi connectivity index (χ2v) is 20.8. The molecule has 3 rings (SSSR count). The molecule has 1 fully saturated rings. The molecule has 0 radical (unpaired) electrons. The standard InChI is InChI=1S/C36H60N2O5Si/c1-22(23(2)24(3)34(42)36(8,9)32(21-33(40)41)43-44(11,12)35(5,6)7)14-13-15-26-18-28(26)20-31(39)27-16-17-30-29(19-27)37-25(4)38(30)10/h16-17,19,22-24,26,28,31-32,39H,13-15,18,20-21H2,1-12H3,(H,40,41)/t22-,23-,24+,26-,28-,31+,32-/m0/s1. The van der Waals surface area contributed by atoms with Crippen molar-refractivity contribution in [2.75, 3.05) is 0 Å². The highest BCUT2D eigenvalue weighted by molar-refractivity contribution is 6.74. The summed E-state index contributed by atoms with van der Waals surface area (Å²) in [7, 11) is -0.265. The second kappa shape index (κ2) is 13.8. The Kier molecular flexibility index (Phi) is 11.4. The van der Waals surface area contributed by atoms with Gasteiger partial charge in [0.1, 0.15) is 11.6 Å². The fourth-order valence-corrected chi connectivity index (χ4v) is 7.94. The van der Waals surface area contributed by atoms with Crippen molar-refractivity contribution < 1.29 is 24.2 Å². The molecule has 1 saturated carbocycles. The number of carboxylic acids is 1. The van der Waals surface area contributed by atoms with Gasteiger partial charge in [-0.25, -0.2) is 4.98 Å². The summed E-state index contributed by atoms with van der Waals surface area (Å²) >= 11 is 0. The maximum absolute atomic E-state index is 13.9. The van der Waals surface area contributed by atoms with Crippen LogP contribution in [0.2, 0.25) is 18.1 Å². The molecule has 0 spiro atoms. The minimum Gasteiger partial charge on any atom is -0.481 e. The van der Waals surface area contributed by atoms with Crippen LogP contribution in [0.15, 0.2) is 18.2 Å². The molecule has 44 heavy (non-hydrogen) atoms. The SMILES string of the molecule is Cc1nc2cc([C@H](O)C[C@@H]3C[C@@H]3CCC[C@H](C)[C@H](C)[C@@H](C)C(=O)C(C)(C)[C@H](CC(=O)O)O[Si](C)(C)C(C)(C)C)ccc2n1C. The average molecular weight is 629 g/mol. The molecule has 1 aliphatic rings. The van der Waals surface area contributed by atoms with E-state index in [-0.39, 0.29) is 29.1 Å². The van der Waals surface area contributed by atoms with Crippen molar-refractivity contribution in [3.05, 3.63) is 29.6 Å². The Hall–Kier alpha value is -2.03. The molecule has 1 aromatic carbocycles. The van der Waals surface area contributed by atoms with Crippen molar-refractivity contribution in [2.45, 2.75) is 131 Å². The fourth-order valence-electron chi connectivity index (χ4n) is 6.50. The largest absolute Gasteiger partial charge is 0.481 e. The lowest BCUT2D eigenvalue weighted by Crippen LogP contribution is -2.52. The highest BCUT2D eigenvalue weighted by atomic mass is 28.4. The highest BCUT2D eigenvalue weighted by Crippen LogP contribution is 2.48. The van der Waals surface area contributed by atoms with E-state index in [4.69, 9.17) is 4.43 Å². The molecule has 0 amide bonds. The van der Waals surface area contributed by atoms with E-state index in [2.05, 4.69) is 63.3 Å². The number of aliphatic hydroxyl groups excluding tert-OH is 1. The summed E-state index contributed by atoms with van der Waals surface area (Å²) < 4.78 is 8.67. The molecule has 0 unspecified atom stereocenters. The van der Waals surface area contributed by atoms with Crippen molar-refractivity contribution in [3.63, 3.8) is 0 Å². The Labute approximate surface area is 267 Å². The smallest absolute Gasteiger partial charge is 0.305 e. The van der Waals surface area contributed by atoms with Crippen LogP contribution < -0.4 is 0 Å². The fraction of sp³-hybridized carbons (Fsp3) is 0.750. The van der Waals surface area contributed by atoms with Gasteiger partial charge in [0.15, 0.2) is 8.32 Å². The molecule has 0 aliphatic heterocycles. The number of carbonyl (C=O) groups is 2. The number of fused-ring (bicyclic) bond motifs is 1. The van der Waals surface area contributed by atoms with Gasteiger partial charge in [0, 0.05) is 18.4 Å². The molecule has 1 aliphatic carbocycles. The molecular formula is C36H60N2O5Si. The molecule has 8 heteroatoms. The van der Waals surface area contributed by atoms with Gasteiger partial charge in [-0.2, -0.15) is 0 Å². The number of imidazole rings is 1. The normalized spacial score (nSPS) is 21.1. The van der Waals surface area contributed by atoms with Crippen LogP contribution in [0, 0.1) is 41.9 Å².